The first-order valence-electron chi connectivity index (χ1n) is 8.87. The Morgan fingerprint density at radius 1 is 1.12 bits per heavy atom. The molecule has 136 valence electrons. The first-order chi connectivity index (χ1) is 12.5. The summed E-state index contributed by atoms with van der Waals surface area (Å²) in [6.07, 6.45) is 0.963. The number of carbonyl (C=O) groups is 2. The van der Waals surface area contributed by atoms with Crippen LogP contribution in [-0.2, 0) is 11.2 Å². The van der Waals surface area contributed by atoms with Crippen LogP contribution in [0.15, 0.2) is 48.5 Å². The van der Waals surface area contributed by atoms with E-state index < -0.39 is 11.9 Å². The van der Waals surface area contributed by atoms with Gasteiger partial charge in [0.2, 0.25) is 5.91 Å². The third kappa shape index (κ3) is 3.93. The number of nitrogens with one attached hydrogen (secondary N) is 2. The Morgan fingerprint density at radius 2 is 1.81 bits per heavy atom. The van der Waals surface area contributed by atoms with Crippen LogP contribution in [0.4, 0.5) is 4.39 Å². The molecule has 0 aromatic heterocycles. The van der Waals surface area contributed by atoms with Crippen LogP contribution in [0.25, 0.3) is 0 Å². The Labute approximate surface area is 152 Å². The van der Waals surface area contributed by atoms with Gasteiger partial charge in [0.1, 0.15) is 11.9 Å². The summed E-state index contributed by atoms with van der Waals surface area (Å²) in [7, 11) is 0. The molecule has 2 N–H and O–H groups in total. The second kappa shape index (κ2) is 7.68. The van der Waals surface area contributed by atoms with Crippen molar-refractivity contribution in [1.29, 1.82) is 0 Å². The molecule has 0 bridgehead atoms. The first kappa shape index (κ1) is 18.1. The third-order valence-corrected chi connectivity index (χ3v) is 4.83. The van der Waals surface area contributed by atoms with Crippen LogP contribution in [-0.4, -0.2) is 24.4 Å². The quantitative estimate of drug-likeness (QED) is 0.838. The molecule has 0 spiro atoms. The molecule has 2 aromatic carbocycles. The molecule has 2 amide bonds. The first-order valence-corrected chi connectivity index (χ1v) is 8.87. The molecule has 0 unspecified atom stereocenters. The standard InChI is InChI=1S/C21H23FN2O2/c1-13(2)19(24-20(25)14-7-9-17(22)10-8-14)21(26)23-12-16-11-15-5-3-4-6-18(15)16/h3-10,13,16,19H,11-12H2,1-2H3,(H,23,26)(H,24,25)/t16-,19-/m0/s1. The molecule has 0 saturated heterocycles. The van der Waals surface area contributed by atoms with E-state index in [2.05, 4.69) is 22.8 Å². The summed E-state index contributed by atoms with van der Waals surface area (Å²) >= 11 is 0. The van der Waals surface area contributed by atoms with E-state index in [1.54, 1.807) is 0 Å². The van der Waals surface area contributed by atoms with Gasteiger partial charge in [-0.25, -0.2) is 4.39 Å². The molecule has 0 aliphatic heterocycles. The Kier molecular flexibility index (Phi) is 5.35. The summed E-state index contributed by atoms with van der Waals surface area (Å²) in [5.74, 6) is -0.711. The fourth-order valence-electron chi connectivity index (χ4n) is 3.24. The fourth-order valence-corrected chi connectivity index (χ4v) is 3.24. The number of fused-ring (bicyclic) bond motifs is 1. The Hall–Kier alpha value is -2.69. The van der Waals surface area contributed by atoms with Gasteiger partial charge in [0.25, 0.3) is 5.91 Å². The zero-order chi connectivity index (χ0) is 18.7. The monoisotopic (exact) mass is 354 g/mol. The molecule has 0 radical (unpaired) electrons. The van der Waals surface area contributed by atoms with E-state index in [-0.39, 0.29) is 17.7 Å². The topological polar surface area (TPSA) is 58.2 Å². The zero-order valence-electron chi connectivity index (χ0n) is 15.0. The highest BCUT2D eigenvalue weighted by Gasteiger charge is 2.28. The molecule has 0 fully saturated rings. The summed E-state index contributed by atoms with van der Waals surface area (Å²) in [4.78, 5) is 24.9. The highest BCUT2D eigenvalue weighted by Crippen LogP contribution is 2.34. The van der Waals surface area contributed by atoms with E-state index in [0.29, 0.717) is 18.0 Å². The van der Waals surface area contributed by atoms with Crippen LogP contribution < -0.4 is 10.6 Å². The van der Waals surface area contributed by atoms with Crippen LogP contribution in [0.2, 0.25) is 0 Å². The van der Waals surface area contributed by atoms with Gasteiger partial charge in [0.05, 0.1) is 0 Å². The van der Waals surface area contributed by atoms with Gasteiger partial charge in [-0.3, -0.25) is 9.59 Å². The van der Waals surface area contributed by atoms with Gasteiger partial charge in [0.15, 0.2) is 0 Å². The summed E-state index contributed by atoms with van der Waals surface area (Å²) < 4.78 is 13.0. The number of rotatable bonds is 6. The van der Waals surface area contributed by atoms with Crippen molar-refractivity contribution >= 4 is 11.8 Å². The smallest absolute Gasteiger partial charge is 0.251 e. The van der Waals surface area contributed by atoms with Crippen molar-refractivity contribution in [3.05, 3.63) is 71.0 Å². The lowest BCUT2D eigenvalue weighted by atomic mass is 9.77. The highest BCUT2D eigenvalue weighted by atomic mass is 19.1. The van der Waals surface area contributed by atoms with Crippen molar-refractivity contribution in [2.75, 3.05) is 6.54 Å². The van der Waals surface area contributed by atoms with E-state index in [9.17, 15) is 14.0 Å². The highest BCUT2D eigenvalue weighted by molar-refractivity contribution is 5.97. The van der Waals surface area contributed by atoms with E-state index >= 15 is 0 Å². The van der Waals surface area contributed by atoms with Gasteiger partial charge in [-0.2, -0.15) is 0 Å². The summed E-state index contributed by atoms with van der Waals surface area (Å²) in [5, 5.41) is 5.72. The molecule has 0 saturated carbocycles. The fraction of sp³-hybridized carbons (Fsp3) is 0.333. The molecular weight excluding hydrogens is 331 g/mol. The van der Waals surface area contributed by atoms with Gasteiger partial charge in [-0.15, -0.1) is 0 Å². The molecule has 3 rings (SSSR count). The second-order valence-corrected chi connectivity index (χ2v) is 7.05. The van der Waals surface area contributed by atoms with Gasteiger partial charge in [-0.05, 0) is 47.7 Å². The van der Waals surface area contributed by atoms with Crippen LogP contribution in [0, 0.1) is 11.7 Å². The second-order valence-electron chi connectivity index (χ2n) is 7.05. The molecule has 2 atom stereocenters. The van der Waals surface area contributed by atoms with Crippen molar-refractivity contribution in [3.63, 3.8) is 0 Å². The lowest BCUT2D eigenvalue weighted by molar-refractivity contribution is -0.124. The number of halogens is 1. The average molecular weight is 354 g/mol. The van der Waals surface area contributed by atoms with Gasteiger partial charge >= 0.3 is 0 Å². The van der Waals surface area contributed by atoms with Crippen molar-refractivity contribution in [2.24, 2.45) is 5.92 Å². The molecular formula is C21H23FN2O2. The number of carbonyl (C=O) groups excluding carboxylic acids is 2. The SMILES string of the molecule is CC(C)[C@H](NC(=O)c1ccc(F)cc1)C(=O)NC[C@@H]1Cc2ccccc21. The predicted octanol–water partition coefficient (Wildman–Crippen LogP) is 3.04. The average Bonchev–Trinajstić information content (AvgIpc) is 2.60. The summed E-state index contributed by atoms with van der Waals surface area (Å²) in [6, 6.07) is 12.9. The van der Waals surface area contributed by atoms with E-state index in [0.717, 1.165) is 6.42 Å². The lowest BCUT2D eigenvalue weighted by Crippen LogP contribution is -2.50. The number of benzene rings is 2. The van der Waals surface area contributed by atoms with E-state index in [4.69, 9.17) is 0 Å². The van der Waals surface area contributed by atoms with Crippen LogP contribution in [0.1, 0.15) is 41.3 Å². The normalized spacial score (nSPS) is 16.4. The summed E-state index contributed by atoms with van der Waals surface area (Å²) in [5.41, 5.74) is 2.94. The third-order valence-electron chi connectivity index (χ3n) is 4.83. The Bertz CT molecular complexity index is 802. The van der Waals surface area contributed by atoms with Crippen LogP contribution in [0.3, 0.4) is 0 Å². The lowest BCUT2D eigenvalue weighted by Gasteiger charge is -2.31. The number of amides is 2. The molecule has 1 aliphatic rings. The van der Waals surface area contributed by atoms with E-state index in [1.807, 2.05) is 26.0 Å². The molecule has 2 aromatic rings. The number of hydrogen-bond donors (Lipinski definition) is 2. The largest absolute Gasteiger partial charge is 0.354 e. The maximum Gasteiger partial charge on any atom is 0.251 e. The summed E-state index contributed by atoms with van der Waals surface area (Å²) in [6.45, 7) is 4.33. The molecule has 5 heteroatoms. The minimum absolute atomic E-state index is 0.0620. The van der Waals surface area contributed by atoms with Crippen molar-refractivity contribution in [2.45, 2.75) is 32.2 Å². The minimum atomic E-state index is -0.636. The van der Waals surface area contributed by atoms with Crippen molar-refractivity contribution in [3.8, 4) is 0 Å². The maximum atomic E-state index is 13.0. The van der Waals surface area contributed by atoms with Crippen LogP contribution >= 0.6 is 0 Å². The maximum absolute atomic E-state index is 13.0. The Balaban J connectivity index is 1.58. The number of hydrogen-bond acceptors (Lipinski definition) is 2. The van der Waals surface area contributed by atoms with Gasteiger partial charge in [0, 0.05) is 18.0 Å². The van der Waals surface area contributed by atoms with Gasteiger partial charge in [-0.1, -0.05) is 38.1 Å². The minimum Gasteiger partial charge on any atom is -0.354 e. The van der Waals surface area contributed by atoms with Crippen molar-refractivity contribution < 1.29 is 14.0 Å². The van der Waals surface area contributed by atoms with Crippen LogP contribution in [0.5, 0.6) is 0 Å². The predicted molar refractivity (Wildman–Crippen MR) is 98.4 cm³/mol. The van der Waals surface area contributed by atoms with E-state index in [1.165, 1.54) is 35.4 Å². The molecule has 4 nitrogen and oxygen atoms in total. The van der Waals surface area contributed by atoms with Crippen molar-refractivity contribution in [1.82, 2.24) is 10.6 Å². The van der Waals surface area contributed by atoms with Gasteiger partial charge < -0.3 is 10.6 Å². The zero-order valence-corrected chi connectivity index (χ0v) is 15.0. The Morgan fingerprint density at radius 3 is 2.46 bits per heavy atom. The molecule has 0 heterocycles. The molecule has 1 aliphatic carbocycles. The molecule has 26 heavy (non-hydrogen) atoms.